The summed E-state index contributed by atoms with van der Waals surface area (Å²) in [5.74, 6) is 0.269. The van der Waals surface area contributed by atoms with Crippen LogP contribution in [0.1, 0.15) is 37.7 Å². The van der Waals surface area contributed by atoms with Crippen LogP contribution in [0, 0.1) is 0 Å². The van der Waals surface area contributed by atoms with Crippen molar-refractivity contribution in [2.45, 2.75) is 44.1 Å². The molecule has 2 nitrogen and oxygen atoms in total. The first kappa shape index (κ1) is 13.3. The zero-order valence-corrected chi connectivity index (χ0v) is 11.8. The van der Waals surface area contributed by atoms with E-state index >= 15 is 0 Å². The molecular weight excluding hydrogens is 246 g/mol. The van der Waals surface area contributed by atoms with Gasteiger partial charge < -0.3 is 5.73 Å². The van der Waals surface area contributed by atoms with Crippen LogP contribution in [0.15, 0.2) is 42.5 Å². The Morgan fingerprint density at radius 2 is 1.75 bits per heavy atom. The lowest BCUT2D eigenvalue weighted by atomic mass is 9.89. The Morgan fingerprint density at radius 3 is 2.55 bits per heavy atom. The molecule has 0 heterocycles. The molecule has 2 aromatic rings. The average molecular weight is 267 g/mol. The molecule has 3 rings (SSSR count). The fourth-order valence-electron chi connectivity index (χ4n) is 3.37. The molecule has 0 radical (unpaired) electrons. The van der Waals surface area contributed by atoms with E-state index in [1.807, 2.05) is 18.2 Å². The summed E-state index contributed by atoms with van der Waals surface area (Å²) in [6, 6.07) is 14.4. The number of rotatable bonds is 4. The number of Topliss-reactive ketones (excluding diaryl/α,β-unsaturated/α-hetero) is 1. The van der Waals surface area contributed by atoms with Crippen molar-refractivity contribution in [1.29, 1.82) is 0 Å². The lowest BCUT2D eigenvalue weighted by molar-refractivity contribution is -0.119. The number of carbonyl (C=O) groups is 1. The van der Waals surface area contributed by atoms with E-state index in [1.54, 1.807) is 0 Å². The topological polar surface area (TPSA) is 43.1 Å². The molecule has 1 aliphatic carbocycles. The van der Waals surface area contributed by atoms with Crippen molar-refractivity contribution in [2.75, 3.05) is 0 Å². The Bertz CT molecular complexity index is 621. The van der Waals surface area contributed by atoms with E-state index in [2.05, 4.69) is 24.3 Å². The number of fused-ring (bicyclic) bond motifs is 1. The van der Waals surface area contributed by atoms with Gasteiger partial charge in [-0.25, -0.2) is 0 Å². The fraction of sp³-hybridized carbons (Fsp3) is 0.389. The molecular formula is C18H21NO. The fourth-order valence-corrected chi connectivity index (χ4v) is 3.37. The second-order valence-corrected chi connectivity index (χ2v) is 6.10. The number of benzene rings is 2. The van der Waals surface area contributed by atoms with E-state index < -0.39 is 0 Å². The molecule has 0 spiro atoms. The standard InChI is InChI=1S/C18H21NO/c19-18(10-3-4-11-18)13-16(20)12-15-8-5-7-14-6-1-2-9-17(14)15/h1-2,5-9H,3-4,10-13,19H2. The minimum atomic E-state index is -0.234. The monoisotopic (exact) mass is 267 g/mol. The highest BCUT2D eigenvalue weighted by Gasteiger charge is 2.31. The van der Waals surface area contributed by atoms with Crippen LogP contribution in [-0.2, 0) is 11.2 Å². The van der Waals surface area contributed by atoms with Crippen LogP contribution in [0.4, 0.5) is 0 Å². The van der Waals surface area contributed by atoms with Gasteiger partial charge in [-0.15, -0.1) is 0 Å². The van der Waals surface area contributed by atoms with Gasteiger partial charge in [0.05, 0.1) is 0 Å². The van der Waals surface area contributed by atoms with E-state index in [0.29, 0.717) is 12.8 Å². The van der Waals surface area contributed by atoms with Crippen molar-refractivity contribution in [3.63, 3.8) is 0 Å². The molecule has 2 aromatic carbocycles. The second-order valence-electron chi connectivity index (χ2n) is 6.10. The molecule has 0 amide bonds. The molecule has 0 bridgehead atoms. The summed E-state index contributed by atoms with van der Waals surface area (Å²) < 4.78 is 0. The highest BCUT2D eigenvalue weighted by atomic mass is 16.1. The van der Waals surface area contributed by atoms with Crippen molar-refractivity contribution in [3.8, 4) is 0 Å². The van der Waals surface area contributed by atoms with Crippen molar-refractivity contribution < 1.29 is 4.79 Å². The highest BCUT2D eigenvalue weighted by Crippen LogP contribution is 2.31. The number of hydrogen-bond acceptors (Lipinski definition) is 2. The summed E-state index contributed by atoms with van der Waals surface area (Å²) >= 11 is 0. The molecule has 0 atom stereocenters. The Labute approximate surface area is 120 Å². The molecule has 0 aliphatic heterocycles. The Hall–Kier alpha value is -1.67. The Kier molecular flexibility index (Phi) is 3.58. The largest absolute Gasteiger partial charge is 0.325 e. The van der Waals surface area contributed by atoms with Gasteiger partial charge in [-0.05, 0) is 29.2 Å². The first-order valence-corrected chi connectivity index (χ1v) is 7.44. The summed E-state index contributed by atoms with van der Waals surface area (Å²) in [6.45, 7) is 0. The summed E-state index contributed by atoms with van der Waals surface area (Å²) in [6.07, 6.45) is 5.34. The molecule has 0 unspecified atom stereocenters. The maximum atomic E-state index is 12.3. The van der Waals surface area contributed by atoms with Crippen LogP contribution in [-0.4, -0.2) is 11.3 Å². The zero-order valence-electron chi connectivity index (χ0n) is 11.8. The van der Waals surface area contributed by atoms with Gasteiger partial charge >= 0.3 is 0 Å². The molecule has 1 saturated carbocycles. The van der Waals surface area contributed by atoms with E-state index in [0.717, 1.165) is 31.2 Å². The highest BCUT2D eigenvalue weighted by molar-refractivity contribution is 5.91. The first-order chi connectivity index (χ1) is 9.66. The average Bonchev–Trinajstić information content (AvgIpc) is 2.85. The minimum Gasteiger partial charge on any atom is -0.325 e. The molecule has 20 heavy (non-hydrogen) atoms. The van der Waals surface area contributed by atoms with Gasteiger partial charge in [0, 0.05) is 18.4 Å². The van der Waals surface area contributed by atoms with Crippen LogP contribution in [0.2, 0.25) is 0 Å². The van der Waals surface area contributed by atoms with Gasteiger partial charge in [0.25, 0.3) is 0 Å². The van der Waals surface area contributed by atoms with Gasteiger partial charge in [-0.3, -0.25) is 4.79 Å². The van der Waals surface area contributed by atoms with Crippen LogP contribution < -0.4 is 5.73 Å². The molecule has 1 aliphatic rings. The number of nitrogens with two attached hydrogens (primary N) is 1. The predicted molar refractivity (Wildman–Crippen MR) is 82.7 cm³/mol. The van der Waals surface area contributed by atoms with Crippen molar-refractivity contribution in [3.05, 3.63) is 48.0 Å². The second kappa shape index (κ2) is 5.37. The zero-order chi connectivity index (χ0) is 14.0. The van der Waals surface area contributed by atoms with Crippen LogP contribution in [0.25, 0.3) is 10.8 Å². The molecule has 0 saturated heterocycles. The predicted octanol–water partition coefficient (Wildman–Crippen LogP) is 3.61. The third kappa shape index (κ3) is 2.75. The van der Waals surface area contributed by atoms with Gasteiger partial charge in [0.15, 0.2) is 0 Å². The molecule has 2 N–H and O–H groups in total. The van der Waals surface area contributed by atoms with E-state index in [4.69, 9.17) is 5.73 Å². The minimum absolute atomic E-state index is 0.234. The van der Waals surface area contributed by atoms with Gasteiger partial charge in [-0.2, -0.15) is 0 Å². The third-order valence-electron chi connectivity index (χ3n) is 4.42. The van der Waals surface area contributed by atoms with Crippen LogP contribution >= 0.6 is 0 Å². The van der Waals surface area contributed by atoms with Crippen molar-refractivity contribution in [1.82, 2.24) is 0 Å². The quantitative estimate of drug-likeness (QED) is 0.919. The summed E-state index contributed by atoms with van der Waals surface area (Å²) in [5.41, 5.74) is 7.19. The number of hydrogen-bond donors (Lipinski definition) is 1. The van der Waals surface area contributed by atoms with Gasteiger partial charge in [0.2, 0.25) is 0 Å². The van der Waals surface area contributed by atoms with Crippen LogP contribution in [0.3, 0.4) is 0 Å². The van der Waals surface area contributed by atoms with E-state index in [1.165, 1.54) is 10.8 Å². The van der Waals surface area contributed by atoms with Crippen molar-refractivity contribution >= 4 is 16.6 Å². The summed E-state index contributed by atoms with van der Waals surface area (Å²) in [7, 11) is 0. The molecule has 0 aromatic heterocycles. The number of carbonyl (C=O) groups excluding carboxylic acids is 1. The molecule has 1 fully saturated rings. The Morgan fingerprint density at radius 1 is 1.05 bits per heavy atom. The van der Waals surface area contributed by atoms with Gasteiger partial charge in [0.1, 0.15) is 5.78 Å². The summed E-state index contributed by atoms with van der Waals surface area (Å²) in [4.78, 5) is 12.3. The van der Waals surface area contributed by atoms with Gasteiger partial charge in [-0.1, -0.05) is 55.3 Å². The number of ketones is 1. The maximum absolute atomic E-state index is 12.3. The summed E-state index contributed by atoms with van der Waals surface area (Å²) in [5, 5.41) is 2.38. The van der Waals surface area contributed by atoms with E-state index in [9.17, 15) is 4.79 Å². The lowest BCUT2D eigenvalue weighted by Gasteiger charge is -2.22. The SMILES string of the molecule is NC1(CC(=O)Cc2cccc3ccccc23)CCCC1. The Balaban J connectivity index is 1.77. The normalized spacial score (nSPS) is 17.4. The third-order valence-corrected chi connectivity index (χ3v) is 4.42. The maximum Gasteiger partial charge on any atom is 0.139 e. The van der Waals surface area contributed by atoms with Crippen LogP contribution in [0.5, 0.6) is 0 Å². The lowest BCUT2D eigenvalue weighted by Crippen LogP contribution is -2.39. The molecule has 104 valence electrons. The smallest absolute Gasteiger partial charge is 0.139 e. The van der Waals surface area contributed by atoms with E-state index in [-0.39, 0.29) is 11.3 Å². The van der Waals surface area contributed by atoms with Crippen molar-refractivity contribution in [2.24, 2.45) is 5.73 Å². The first-order valence-electron chi connectivity index (χ1n) is 7.44. The molecule has 2 heteroatoms.